The Hall–Kier alpha value is -0.530. The summed E-state index contributed by atoms with van der Waals surface area (Å²) in [6.07, 6.45) is 0. The lowest BCUT2D eigenvalue weighted by Gasteiger charge is -1.99. The molecule has 0 spiro atoms. The fourth-order valence-corrected chi connectivity index (χ4v) is 1.24. The van der Waals surface area contributed by atoms with Crippen LogP contribution < -0.4 is 0 Å². The van der Waals surface area contributed by atoms with Gasteiger partial charge in [0.05, 0.1) is 5.69 Å². The molecule has 0 saturated heterocycles. The van der Waals surface area contributed by atoms with Gasteiger partial charge in [0.15, 0.2) is 0 Å². The zero-order valence-electron chi connectivity index (χ0n) is 5.85. The van der Waals surface area contributed by atoms with Crippen molar-refractivity contribution in [2.24, 2.45) is 4.99 Å². The molecule has 0 bridgehead atoms. The molecule has 0 atom stereocenters. The maximum atomic E-state index is 5.81. The molecule has 0 unspecified atom stereocenters. The molecule has 0 heterocycles. The van der Waals surface area contributed by atoms with Crippen LogP contribution in [0, 0.1) is 0 Å². The van der Waals surface area contributed by atoms with E-state index in [4.69, 9.17) is 23.2 Å². The van der Waals surface area contributed by atoms with Gasteiger partial charge in [-0.3, -0.25) is 4.99 Å². The van der Waals surface area contributed by atoms with Crippen LogP contribution in [0.15, 0.2) is 23.2 Å². The van der Waals surface area contributed by atoms with E-state index in [1.165, 1.54) is 0 Å². The molecule has 1 aromatic carbocycles. The van der Waals surface area contributed by atoms with E-state index < -0.39 is 0 Å². The molecule has 0 saturated carbocycles. The molecule has 0 amide bonds. The van der Waals surface area contributed by atoms with Crippen LogP contribution in [0.3, 0.4) is 0 Å². The standard InChI is InChI=1S/C8H7Cl2N/c1-11-7-2-3-8(10)6(4-7)5-9/h2-4H,1,5H2. The second kappa shape index (κ2) is 3.74. The summed E-state index contributed by atoms with van der Waals surface area (Å²) in [6.45, 7) is 3.40. The summed E-state index contributed by atoms with van der Waals surface area (Å²) in [7, 11) is 0. The highest BCUT2D eigenvalue weighted by Crippen LogP contribution is 2.23. The van der Waals surface area contributed by atoms with Gasteiger partial charge in [-0.1, -0.05) is 11.6 Å². The average molecular weight is 188 g/mol. The average Bonchev–Trinajstić information content (AvgIpc) is 2.05. The number of halogens is 2. The molecule has 0 aliphatic carbocycles. The minimum atomic E-state index is 0.405. The molecule has 58 valence electrons. The van der Waals surface area contributed by atoms with Crippen molar-refractivity contribution in [2.45, 2.75) is 5.88 Å². The number of hydrogen-bond donors (Lipinski definition) is 0. The van der Waals surface area contributed by atoms with Crippen molar-refractivity contribution in [1.82, 2.24) is 0 Å². The molecule has 0 radical (unpaired) electrons. The first-order chi connectivity index (χ1) is 5.27. The van der Waals surface area contributed by atoms with Crippen molar-refractivity contribution in [3.63, 3.8) is 0 Å². The van der Waals surface area contributed by atoms with Crippen molar-refractivity contribution >= 4 is 35.6 Å². The first kappa shape index (κ1) is 8.57. The number of hydrogen-bond acceptors (Lipinski definition) is 1. The number of nitrogens with zero attached hydrogens (tertiary/aromatic N) is 1. The fraction of sp³-hybridized carbons (Fsp3) is 0.125. The lowest BCUT2D eigenvalue weighted by atomic mass is 10.2. The zero-order chi connectivity index (χ0) is 8.27. The maximum Gasteiger partial charge on any atom is 0.0626 e. The predicted octanol–water partition coefficient (Wildman–Crippen LogP) is 3.41. The smallest absolute Gasteiger partial charge is 0.0626 e. The third-order valence-electron chi connectivity index (χ3n) is 1.36. The second-order valence-electron chi connectivity index (χ2n) is 2.07. The Morgan fingerprint density at radius 1 is 1.45 bits per heavy atom. The molecule has 1 rings (SSSR count). The minimum Gasteiger partial charge on any atom is -0.265 e. The van der Waals surface area contributed by atoms with Crippen LogP contribution in [0.25, 0.3) is 0 Å². The summed E-state index contributed by atoms with van der Waals surface area (Å²) in [5.41, 5.74) is 1.68. The van der Waals surface area contributed by atoms with E-state index in [0.717, 1.165) is 11.3 Å². The Bertz CT molecular complexity index is 271. The first-order valence-corrected chi connectivity index (χ1v) is 4.00. The summed E-state index contributed by atoms with van der Waals surface area (Å²) in [4.78, 5) is 3.75. The van der Waals surface area contributed by atoms with Crippen LogP contribution in [0.1, 0.15) is 5.56 Å². The number of benzene rings is 1. The molecule has 1 aromatic rings. The van der Waals surface area contributed by atoms with Crippen molar-refractivity contribution in [3.05, 3.63) is 28.8 Å². The van der Waals surface area contributed by atoms with Crippen LogP contribution in [0.5, 0.6) is 0 Å². The topological polar surface area (TPSA) is 12.4 Å². The van der Waals surface area contributed by atoms with E-state index in [9.17, 15) is 0 Å². The molecule has 0 fully saturated rings. The summed E-state index contributed by atoms with van der Waals surface area (Å²) in [6, 6.07) is 5.39. The summed E-state index contributed by atoms with van der Waals surface area (Å²) in [5, 5.41) is 0.674. The van der Waals surface area contributed by atoms with Gasteiger partial charge in [0.2, 0.25) is 0 Å². The summed E-state index contributed by atoms with van der Waals surface area (Å²) < 4.78 is 0. The molecule has 0 aliphatic heterocycles. The van der Waals surface area contributed by atoms with Crippen molar-refractivity contribution in [1.29, 1.82) is 0 Å². The summed E-state index contributed by atoms with van der Waals surface area (Å²) >= 11 is 11.4. The number of alkyl halides is 1. The Kier molecular flexibility index (Phi) is 2.92. The maximum absolute atomic E-state index is 5.81. The minimum absolute atomic E-state index is 0.405. The van der Waals surface area contributed by atoms with Gasteiger partial charge in [-0.2, -0.15) is 0 Å². The van der Waals surface area contributed by atoms with Gasteiger partial charge < -0.3 is 0 Å². The third-order valence-corrected chi connectivity index (χ3v) is 2.01. The molecule has 0 N–H and O–H groups in total. The quantitative estimate of drug-likeness (QED) is 0.498. The van der Waals surface area contributed by atoms with E-state index in [1.807, 2.05) is 6.07 Å². The van der Waals surface area contributed by atoms with Crippen molar-refractivity contribution < 1.29 is 0 Å². The largest absolute Gasteiger partial charge is 0.265 e. The highest BCUT2D eigenvalue weighted by molar-refractivity contribution is 6.32. The molecular weight excluding hydrogens is 181 g/mol. The Morgan fingerprint density at radius 3 is 2.73 bits per heavy atom. The van der Waals surface area contributed by atoms with E-state index in [-0.39, 0.29) is 0 Å². The van der Waals surface area contributed by atoms with E-state index in [1.54, 1.807) is 12.1 Å². The molecule has 0 aromatic heterocycles. The molecule has 11 heavy (non-hydrogen) atoms. The Morgan fingerprint density at radius 2 is 2.18 bits per heavy atom. The van der Waals surface area contributed by atoms with E-state index in [2.05, 4.69) is 11.7 Å². The van der Waals surface area contributed by atoms with Crippen molar-refractivity contribution in [3.8, 4) is 0 Å². The van der Waals surface area contributed by atoms with Crippen molar-refractivity contribution in [2.75, 3.05) is 0 Å². The van der Waals surface area contributed by atoms with Crippen LogP contribution in [0.2, 0.25) is 5.02 Å². The lowest BCUT2D eigenvalue weighted by Crippen LogP contribution is -1.78. The highest BCUT2D eigenvalue weighted by atomic mass is 35.5. The van der Waals surface area contributed by atoms with Gasteiger partial charge in [-0.15, -0.1) is 11.6 Å². The Balaban J connectivity index is 3.12. The van der Waals surface area contributed by atoms with Gasteiger partial charge in [0.1, 0.15) is 0 Å². The lowest BCUT2D eigenvalue weighted by molar-refractivity contribution is 1.38. The van der Waals surface area contributed by atoms with Crippen LogP contribution in [-0.2, 0) is 5.88 Å². The molecular formula is C8H7Cl2N. The van der Waals surface area contributed by atoms with Gasteiger partial charge in [-0.05, 0) is 30.5 Å². The molecule has 1 nitrogen and oxygen atoms in total. The van der Waals surface area contributed by atoms with Gasteiger partial charge >= 0.3 is 0 Å². The normalized spacial score (nSPS) is 9.64. The monoisotopic (exact) mass is 187 g/mol. The van der Waals surface area contributed by atoms with Crippen LogP contribution in [-0.4, -0.2) is 6.72 Å². The fourth-order valence-electron chi connectivity index (χ4n) is 0.762. The number of rotatable bonds is 2. The van der Waals surface area contributed by atoms with Gasteiger partial charge in [-0.25, -0.2) is 0 Å². The van der Waals surface area contributed by atoms with E-state index >= 15 is 0 Å². The van der Waals surface area contributed by atoms with Crippen LogP contribution >= 0.6 is 23.2 Å². The van der Waals surface area contributed by atoms with E-state index in [0.29, 0.717) is 10.9 Å². The van der Waals surface area contributed by atoms with Gasteiger partial charge in [0, 0.05) is 10.9 Å². The van der Waals surface area contributed by atoms with Crippen LogP contribution in [0.4, 0.5) is 5.69 Å². The predicted molar refractivity (Wildman–Crippen MR) is 50.2 cm³/mol. The third kappa shape index (κ3) is 1.95. The molecule has 0 aliphatic rings. The number of aliphatic imine (C=N–C) groups is 1. The first-order valence-electron chi connectivity index (χ1n) is 3.09. The summed E-state index contributed by atoms with van der Waals surface area (Å²) in [5.74, 6) is 0.405. The van der Waals surface area contributed by atoms with Gasteiger partial charge in [0.25, 0.3) is 0 Å². The second-order valence-corrected chi connectivity index (χ2v) is 2.74. The highest BCUT2D eigenvalue weighted by Gasteiger charge is 1.98. The molecule has 3 heteroatoms. The zero-order valence-corrected chi connectivity index (χ0v) is 7.36. The Labute approximate surface area is 75.7 Å². The SMILES string of the molecule is C=Nc1ccc(Cl)c(CCl)c1.